The van der Waals surface area contributed by atoms with Gasteiger partial charge in [0.05, 0.1) is 49.4 Å². The maximum Gasteiger partial charge on any atom is 0.275 e. The molecule has 1 saturated heterocycles. The molecule has 0 saturated carbocycles. The van der Waals surface area contributed by atoms with Crippen molar-refractivity contribution >= 4 is 35.0 Å². The van der Waals surface area contributed by atoms with Gasteiger partial charge >= 0.3 is 0 Å². The molecule has 1 aliphatic heterocycles. The van der Waals surface area contributed by atoms with Crippen molar-refractivity contribution in [3.63, 3.8) is 0 Å². The van der Waals surface area contributed by atoms with Crippen LogP contribution < -0.4 is 10.5 Å². The van der Waals surface area contributed by atoms with Crippen LogP contribution in [0.1, 0.15) is 45.8 Å². The summed E-state index contributed by atoms with van der Waals surface area (Å²) in [5, 5.41) is 5.83. The van der Waals surface area contributed by atoms with E-state index in [1.54, 1.807) is 42.3 Å². The van der Waals surface area contributed by atoms with Crippen LogP contribution in [0.2, 0.25) is 10.0 Å². The Morgan fingerprint density at radius 2 is 1.69 bits per heavy atom. The van der Waals surface area contributed by atoms with Crippen molar-refractivity contribution in [1.82, 2.24) is 19.7 Å². The van der Waals surface area contributed by atoms with Crippen LogP contribution in [0.5, 0.6) is 5.75 Å². The van der Waals surface area contributed by atoms with Gasteiger partial charge < -0.3 is 20.1 Å². The van der Waals surface area contributed by atoms with Gasteiger partial charge in [0, 0.05) is 44.7 Å². The van der Waals surface area contributed by atoms with Gasteiger partial charge in [-0.2, -0.15) is 5.10 Å². The van der Waals surface area contributed by atoms with E-state index in [1.807, 2.05) is 30.9 Å². The number of halogens is 2. The van der Waals surface area contributed by atoms with E-state index in [2.05, 4.69) is 4.98 Å². The maximum atomic E-state index is 14.1. The normalized spacial score (nSPS) is 17.9. The van der Waals surface area contributed by atoms with Crippen LogP contribution in [0, 0.1) is 0 Å². The molecule has 2 atom stereocenters. The van der Waals surface area contributed by atoms with Crippen molar-refractivity contribution in [2.24, 2.45) is 5.73 Å². The molecule has 0 bridgehead atoms. The fourth-order valence-corrected chi connectivity index (χ4v) is 6.45. The number of benzene rings is 2. The van der Waals surface area contributed by atoms with Gasteiger partial charge in [0.15, 0.2) is 5.69 Å². The third-order valence-electron chi connectivity index (χ3n) is 7.84. The lowest BCUT2D eigenvalue weighted by Crippen LogP contribution is -2.52. The number of ether oxygens (including phenoxy) is 2. The van der Waals surface area contributed by atoms with Crippen molar-refractivity contribution in [2.75, 3.05) is 20.3 Å². The highest BCUT2D eigenvalue weighted by molar-refractivity contribution is 6.34. The van der Waals surface area contributed by atoms with Crippen molar-refractivity contribution in [3.05, 3.63) is 81.2 Å². The molecule has 2 aromatic carbocycles. The number of hydrogen-bond acceptors (Lipinski definition) is 6. The second-order valence-corrected chi connectivity index (χ2v) is 11.6. The predicted molar refractivity (Wildman–Crippen MR) is 161 cm³/mol. The summed E-state index contributed by atoms with van der Waals surface area (Å²) in [4.78, 5) is 32.1. The Bertz CT molecular complexity index is 1710. The van der Waals surface area contributed by atoms with Crippen LogP contribution in [-0.2, 0) is 17.6 Å². The Morgan fingerprint density at radius 3 is 2.36 bits per heavy atom. The van der Waals surface area contributed by atoms with E-state index in [9.17, 15) is 9.59 Å². The third-order valence-corrected chi connectivity index (χ3v) is 8.28. The first-order chi connectivity index (χ1) is 20.2. The number of methoxy groups -OCH3 is 1. The Labute approximate surface area is 253 Å². The zero-order chi connectivity index (χ0) is 29.7. The molecule has 1 fully saturated rings. The second-order valence-electron chi connectivity index (χ2n) is 10.7. The van der Waals surface area contributed by atoms with Gasteiger partial charge in [0.2, 0.25) is 5.91 Å². The van der Waals surface area contributed by atoms with Crippen LogP contribution in [0.4, 0.5) is 0 Å². The summed E-state index contributed by atoms with van der Waals surface area (Å²) in [6.07, 6.45) is 4.37. The molecule has 6 rings (SSSR count). The average Bonchev–Trinajstić information content (AvgIpc) is 3.36. The minimum absolute atomic E-state index is 0.0977. The summed E-state index contributed by atoms with van der Waals surface area (Å²) < 4.78 is 13.2. The molecule has 1 aliphatic carbocycles. The van der Waals surface area contributed by atoms with Crippen LogP contribution >= 0.6 is 23.2 Å². The minimum atomic E-state index is -0.575. The summed E-state index contributed by atoms with van der Waals surface area (Å²) in [6, 6.07) is 10.7. The molecule has 0 spiro atoms. The Morgan fingerprint density at radius 1 is 0.976 bits per heavy atom. The van der Waals surface area contributed by atoms with Crippen molar-refractivity contribution in [2.45, 2.75) is 38.8 Å². The van der Waals surface area contributed by atoms with Crippen LogP contribution in [-0.4, -0.2) is 63.9 Å². The smallest absolute Gasteiger partial charge is 0.275 e. The quantitative estimate of drug-likeness (QED) is 0.327. The second kappa shape index (κ2) is 11.1. The van der Waals surface area contributed by atoms with E-state index < -0.39 is 5.91 Å². The number of carbonyl (C=O) groups excluding carboxylic acids is 2. The summed E-state index contributed by atoms with van der Waals surface area (Å²) in [6.45, 7) is 4.90. The molecule has 4 aromatic rings. The summed E-state index contributed by atoms with van der Waals surface area (Å²) in [7, 11) is 1.60. The maximum absolute atomic E-state index is 14.1. The number of aromatic nitrogens is 3. The van der Waals surface area contributed by atoms with Crippen molar-refractivity contribution < 1.29 is 19.1 Å². The monoisotopic (exact) mass is 605 g/mol. The molecule has 9 nitrogen and oxygen atoms in total. The average molecular weight is 607 g/mol. The number of primary amides is 1. The zero-order valence-electron chi connectivity index (χ0n) is 23.4. The summed E-state index contributed by atoms with van der Waals surface area (Å²) in [5.74, 6) is -0.0871. The van der Waals surface area contributed by atoms with E-state index in [0.29, 0.717) is 58.8 Å². The lowest BCUT2D eigenvalue weighted by atomic mass is 9.86. The largest absolute Gasteiger partial charge is 0.496 e. The topological polar surface area (TPSA) is 113 Å². The SMILES string of the molecule is COc1cc2c(cc1-c1cncc(C(N)=O)c1)-c1c(c(C(=O)N3[C@H](C)COC[C@@H]3C)nn1-c1cc(Cl)cc(Cl)c1)CC2. The number of amides is 2. The molecule has 11 heteroatoms. The zero-order valence-corrected chi connectivity index (χ0v) is 24.9. The minimum Gasteiger partial charge on any atom is -0.496 e. The van der Waals surface area contributed by atoms with Gasteiger partial charge in [-0.15, -0.1) is 0 Å². The molecule has 2 aliphatic rings. The number of pyridine rings is 1. The van der Waals surface area contributed by atoms with E-state index in [4.69, 9.17) is 43.5 Å². The number of nitrogens with zero attached hydrogens (tertiary/aromatic N) is 4. The van der Waals surface area contributed by atoms with E-state index in [1.165, 1.54) is 6.20 Å². The number of morpholine rings is 1. The molecule has 2 amide bonds. The third kappa shape index (κ3) is 4.91. The van der Waals surface area contributed by atoms with Gasteiger partial charge in [0.1, 0.15) is 5.75 Å². The first-order valence-electron chi connectivity index (χ1n) is 13.6. The molecule has 2 N–H and O–H groups in total. The van der Waals surface area contributed by atoms with Crippen molar-refractivity contribution in [1.29, 1.82) is 0 Å². The lowest BCUT2D eigenvalue weighted by Gasteiger charge is -2.38. The molecule has 42 heavy (non-hydrogen) atoms. The number of carbonyl (C=O) groups is 2. The molecular weight excluding hydrogens is 577 g/mol. The van der Waals surface area contributed by atoms with Crippen LogP contribution in [0.3, 0.4) is 0 Å². The number of aryl methyl sites for hydroxylation is 1. The molecular formula is C31H29Cl2N5O4. The number of nitrogens with two attached hydrogens (primary N) is 1. The highest BCUT2D eigenvalue weighted by atomic mass is 35.5. The number of rotatable bonds is 5. The highest BCUT2D eigenvalue weighted by Crippen LogP contribution is 2.43. The Kier molecular flexibility index (Phi) is 7.43. The fraction of sp³-hybridized carbons (Fsp3) is 0.290. The predicted octanol–water partition coefficient (Wildman–Crippen LogP) is 5.36. The molecule has 0 unspecified atom stereocenters. The van der Waals surface area contributed by atoms with Gasteiger partial charge in [-0.05, 0) is 68.7 Å². The lowest BCUT2D eigenvalue weighted by molar-refractivity contribution is -0.0253. The summed E-state index contributed by atoms with van der Waals surface area (Å²) in [5.41, 5.74) is 11.8. The molecule has 2 aromatic heterocycles. The van der Waals surface area contributed by atoms with Gasteiger partial charge in [-0.1, -0.05) is 23.2 Å². The number of hydrogen-bond donors (Lipinski definition) is 1. The van der Waals surface area contributed by atoms with E-state index in [0.717, 1.165) is 27.9 Å². The molecule has 216 valence electrons. The van der Waals surface area contributed by atoms with Gasteiger partial charge in [0.25, 0.3) is 5.91 Å². The number of fused-ring (bicyclic) bond motifs is 3. The standard InChI is InChI=1S/C31H29Cl2N5O4/c1-16-14-42-15-17(2)37(16)31(40)28-24-5-4-18-7-27(41-3)25(19-6-20(30(34)39)13-35-12-19)11-26(18)29(24)38(36-28)23-9-21(32)8-22(33)10-23/h6-13,16-17H,4-5,14-15H2,1-3H3,(H2,34,39)/t16-,17+. The fourth-order valence-electron chi connectivity index (χ4n) is 5.94. The first-order valence-corrected chi connectivity index (χ1v) is 14.4. The van der Waals surface area contributed by atoms with Crippen LogP contribution in [0.15, 0.2) is 48.8 Å². The van der Waals surface area contributed by atoms with E-state index in [-0.39, 0.29) is 23.6 Å². The van der Waals surface area contributed by atoms with Crippen molar-refractivity contribution in [3.8, 4) is 33.8 Å². The van der Waals surface area contributed by atoms with Crippen LogP contribution in [0.25, 0.3) is 28.1 Å². The van der Waals surface area contributed by atoms with E-state index >= 15 is 0 Å². The summed E-state index contributed by atoms with van der Waals surface area (Å²) >= 11 is 12.8. The first kappa shape index (κ1) is 28.2. The van der Waals surface area contributed by atoms with Gasteiger partial charge in [-0.3, -0.25) is 14.6 Å². The highest BCUT2D eigenvalue weighted by Gasteiger charge is 2.36. The Hall–Kier alpha value is -3.92. The molecule has 0 radical (unpaired) electrons. The Balaban J connectivity index is 1.59. The van der Waals surface area contributed by atoms with Gasteiger partial charge in [-0.25, -0.2) is 4.68 Å². The molecule has 3 heterocycles.